The quantitative estimate of drug-likeness (QED) is 0.790. The van der Waals surface area contributed by atoms with Crippen molar-refractivity contribution in [2.24, 2.45) is 0 Å². The van der Waals surface area contributed by atoms with Crippen LogP contribution in [0.1, 0.15) is 49.1 Å². The summed E-state index contributed by atoms with van der Waals surface area (Å²) in [6.45, 7) is 6.74. The zero-order chi connectivity index (χ0) is 19.9. The Hall–Kier alpha value is -2.81. The van der Waals surface area contributed by atoms with Crippen LogP contribution in [0.3, 0.4) is 0 Å². The van der Waals surface area contributed by atoms with Gasteiger partial charge in [-0.1, -0.05) is 6.07 Å². The van der Waals surface area contributed by atoms with Crippen LogP contribution in [0, 0.1) is 25.2 Å². The van der Waals surface area contributed by atoms with Gasteiger partial charge in [-0.3, -0.25) is 9.48 Å². The highest BCUT2D eigenvalue weighted by molar-refractivity contribution is 5.91. The van der Waals surface area contributed by atoms with Gasteiger partial charge < -0.3 is 10.2 Å². The number of hydrogen-bond acceptors (Lipinski definition) is 4. The van der Waals surface area contributed by atoms with Crippen molar-refractivity contribution in [3.8, 4) is 6.07 Å². The third-order valence-electron chi connectivity index (χ3n) is 5.42. The van der Waals surface area contributed by atoms with Crippen LogP contribution in [-0.2, 0) is 17.8 Å². The summed E-state index contributed by atoms with van der Waals surface area (Å²) < 4.78 is 1.87. The van der Waals surface area contributed by atoms with E-state index < -0.39 is 0 Å². The monoisotopic (exact) mass is 379 g/mol. The average Bonchev–Trinajstić information content (AvgIpc) is 2.98. The highest BCUT2D eigenvalue weighted by Crippen LogP contribution is 2.23. The summed E-state index contributed by atoms with van der Waals surface area (Å²) in [5, 5.41) is 16.3. The topological polar surface area (TPSA) is 73.9 Å². The number of benzene rings is 1. The van der Waals surface area contributed by atoms with Gasteiger partial charge in [0.25, 0.3) is 0 Å². The van der Waals surface area contributed by atoms with E-state index in [1.165, 1.54) is 24.9 Å². The summed E-state index contributed by atoms with van der Waals surface area (Å²) in [6.07, 6.45) is 5.28. The number of nitriles is 1. The maximum absolute atomic E-state index is 12.5. The minimum Gasteiger partial charge on any atom is -0.371 e. The second kappa shape index (κ2) is 9.41. The summed E-state index contributed by atoms with van der Waals surface area (Å²) >= 11 is 0. The molecule has 0 saturated carbocycles. The highest BCUT2D eigenvalue weighted by Gasteiger charge is 2.14. The molecule has 1 saturated heterocycles. The predicted octanol–water partition coefficient (Wildman–Crippen LogP) is 3.98. The molecule has 2 aromatic rings. The zero-order valence-corrected chi connectivity index (χ0v) is 16.9. The second-order valence-corrected chi connectivity index (χ2v) is 7.43. The molecule has 1 aromatic carbocycles. The summed E-state index contributed by atoms with van der Waals surface area (Å²) in [4.78, 5) is 14.9. The Kier molecular flexibility index (Phi) is 6.70. The Morgan fingerprint density at radius 1 is 1.25 bits per heavy atom. The van der Waals surface area contributed by atoms with Crippen molar-refractivity contribution >= 4 is 17.3 Å². The molecule has 0 spiro atoms. The molecule has 1 aromatic heterocycles. The average molecular weight is 380 g/mol. The van der Waals surface area contributed by atoms with Gasteiger partial charge in [0.2, 0.25) is 5.91 Å². The molecule has 6 heteroatoms. The Morgan fingerprint density at radius 3 is 2.79 bits per heavy atom. The normalized spacial score (nSPS) is 14.0. The SMILES string of the molecule is Cc1nn(CCC#N)c(C)c1CCC(=O)Nc1cccc(N2CCCCC2)c1. The number of nitrogens with one attached hydrogen (secondary N) is 1. The van der Waals surface area contributed by atoms with Crippen LogP contribution in [0.2, 0.25) is 0 Å². The van der Waals surface area contributed by atoms with Crippen LogP contribution < -0.4 is 10.2 Å². The van der Waals surface area contributed by atoms with Crippen molar-refractivity contribution in [2.75, 3.05) is 23.3 Å². The van der Waals surface area contributed by atoms with Gasteiger partial charge in [0.15, 0.2) is 0 Å². The third kappa shape index (κ3) is 4.92. The summed E-state index contributed by atoms with van der Waals surface area (Å²) in [5.41, 5.74) is 5.13. The second-order valence-electron chi connectivity index (χ2n) is 7.43. The van der Waals surface area contributed by atoms with Gasteiger partial charge in [-0.05, 0) is 63.3 Å². The molecule has 0 radical (unpaired) electrons. The van der Waals surface area contributed by atoms with Gasteiger partial charge in [-0.2, -0.15) is 10.4 Å². The fourth-order valence-electron chi connectivity index (χ4n) is 3.86. The Bertz CT molecular complexity index is 858. The fourth-order valence-corrected chi connectivity index (χ4v) is 3.86. The number of aryl methyl sites for hydroxylation is 2. The van der Waals surface area contributed by atoms with Crippen LogP contribution in [0.25, 0.3) is 0 Å². The molecule has 1 N–H and O–H groups in total. The first kappa shape index (κ1) is 19.9. The Morgan fingerprint density at radius 2 is 2.04 bits per heavy atom. The van der Waals surface area contributed by atoms with Gasteiger partial charge in [0.1, 0.15) is 0 Å². The molecular weight excluding hydrogens is 350 g/mol. The number of carbonyl (C=O) groups is 1. The van der Waals surface area contributed by atoms with E-state index in [2.05, 4.69) is 33.5 Å². The molecule has 1 amide bonds. The molecule has 0 atom stereocenters. The van der Waals surface area contributed by atoms with Gasteiger partial charge >= 0.3 is 0 Å². The van der Waals surface area contributed by atoms with E-state index in [9.17, 15) is 4.79 Å². The molecule has 1 aliphatic heterocycles. The largest absolute Gasteiger partial charge is 0.371 e. The molecule has 28 heavy (non-hydrogen) atoms. The molecule has 6 nitrogen and oxygen atoms in total. The van der Waals surface area contributed by atoms with Crippen molar-refractivity contribution in [3.05, 3.63) is 41.2 Å². The number of nitrogens with zero attached hydrogens (tertiary/aromatic N) is 4. The number of anilines is 2. The van der Waals surface area contributed by atoms with Gasteiger partial charge in [0, 0.05) is 36.6 Å². The standard InChI is InChI=1S/C22H29N5O/c1-17-21(18(2)27(25-17)15-7-12-23)10-11-22(28)24-19-8-6-9-20(16-19)26-13-4-3-5-14-26/h6,8-9,16H,3-5,7,10-11,13-15H2,1-2H3,(H,24,28). The van der Waals surface area contributed by atoms with Gasteiger partial charge in [-0.15, -0.1) is 0 Å². The van der Waals surface area contributed by atoms with Gasteiger partial charge in [-0.25, -0.2) is 0 Å². The molecule has 0 unspecified atom stereocenters. The van der Waals surface area contributed by atoms with E-state index in [0.717, 1.165) is 35.7 Å². The lowest BCUT2D eigenvalue weighted by atomic mass is 10.1. The lowest BCUT2D eigenvalue weighted by molar-refractivity contribution is -0.116. The van der Waals surface area contributed by atoms with E-state index in [1.807, 2.05) is 30.7 Å². The lowest BCUT2D eigenvalue weighted by Gasteiger charge is -2.29. The van der Waals surface area contributed by atoms with Gasteiger partial charge in [0.05, 0.1) is 24.7 Å². The predicted molar refractivity (Wildman–Crippen MR) is 111 cm³/mol. The van der Waals surface area contributed by atoms with Crippen LogP contribution in [0.5, 0.6) is 0 Å². The van der Waals surface area contributed by atoms with Crippen LogP contribution in [-0.4, -0.2) is 28.8 Å². The van der Waals surface area contributed by atoms with E-state index in [0.29, 0.717) is 25.8 Å². The summed E-state index contributed by atoms with van der Waals surface area (Å²) in [5.74, 6) is 0.0133. The molecular formula is C22H29N5O. The maximum atomic E-state index is 12.5. The number of piperidine rings is 1. The highest BCUT2D eigenvalue weighted by atomic mass is 16.1. The number of hydrogen-bond donors (Lipinski definition) is 1. The third-order valence-corrected chi connectivity index (χ3v) is 5.42. The fraction of sp³-hybridized carbons (Fsp3) is 0.500. The first-order valence-corrected chi connectivity index (χ1v) is 10.1. The van der Waals surface area contributed by atoms with Crippen LogP contribution in [0.4, 0.5) is 11.4 Å². The van der Waals surface area contributed by atoms with Crippen LogP contribution >= 0.6 is 0 Å². The van der Waals surface area contributed by atoms with Crippen molar-refractivity contribution in [2.45, 2.75) is 58.9 Å². The maximum Gasteiger partial charge on any atom is 0.224 e. The molecule has 3 rings (SSSR count). The number of aromatic nitrogens is 2. The molecule has 0 bridgehead atoms. The number of amides is 1. The van der Waals surface area contributed by atoms with E-state index >= 15 is 0 Å². The minimum absolute atomic E-state index is 0.0133. The van der Waals surface area contributed by atoms with Crippen molar-refractivity contribution in [3.63, 3.8) is 0 Å². The molecule has 148 valence electrons. The Labute approximate surface area is 167 Å². The molecule has 2 heterocycles. The van der Waals surface area contributed by atoms with Crippen molar-refractivity contribution < 1.29 is 4.79 Å². The molecule has 1 fully saturated rings. The molecule has 1 aliphatic rings. The summed E-state index contributed by atoms with van der Waals surface area (Å²) in [6, 6.07) is 10.3. The number of rotatable bonds is 7. The zero-order valence-electron chi connectivity index (χ0n) is 16.9. The van der Waals surface area contributed by atoms with E-state index in [-0.39, 0.29) is 5.91 Å². The lowest BCUT2D eigenvalue weighted by Crippen LogP contribution is -2.29. The van der Waals surface area contributed by atoms with E-state index in [1.54, 1.807) is 0 Å². The Balaban J connectivity index is 1.58. The number of carbonyl (C=O) groups excluding carboxylic acids is 1. The van der Waals surface area contributed by atoms with Crippen molar-refractivity contribution in [1.82, 2.24) is 9.78 Å². The first-order valence-electron chi connectivity index (χ1n) is 10.1. The van der Waals surface area contributed by atoms with Crippen molar-refractivity contribution in [1.29, 1.82) is 5.26 Å². The minimum atomic E-state index is 0.0133. The smallest absolute Gasteiger partial charge is 0.224 e. The summed E-state index contributed by atoms with van der Waals surface area (Å²) in [7, 11) is 0. The molecule has 0 aliphatic carbocycles. The first-order chi connectivity index (χ1) is 13.6. The van der Waals surface area contributed by atoms with E-state index in [4.69, 9.17) is 5.26 Å². The van der Waals surface area contributed by atoms with Crippen LogP contribution in [0.15, 0.2) is 24.3 Å².